The molecule has 7 rings (SSSR count). The van der Waals surface area contributed by atoms with Gasteiger partial charge in [0.15, 0.2) is 11.3 Å². The van der Waals surface area contributed by atoms with E-state index in [1.54, 1.807) is 10.7 Å². The Hall–Kier alpha value is -3.20. The van der Waals surface area contributed by atoms with Crippen LogP contribution in [-0.4, -0.2) is 35.3 Å². The highest BCUT2D eigenvalue weighted by molar-refractivity contribution is 9.10. The summed E-state index contributed by atoms with van der Waals surface area (Å²) in [4.78, 5) is 14.7. The lowest BCUT2D eigenvalue weighted by atomic mass is 9.60. The van der Waals surface area contributed by atoms with Crippen LogP contribution in [0.2, 0.25) is 0 Å². The lowest BCUT2D eigenvalue weighted by Gasteiger charge is -2.52. The Labute approximate surface area is 216 Å². The second kappa shape index (κ2) is 7.65. The Morgan fingerprint density at radius 1 is 0.944 bits per heavy atom. The molecule has 5 aromatic rings. The number of benzene rings is 2. The standard InChI is InChI=1S/C28H25BrN6O/c1-16-22(29)26-31-13-21-25(35(26)34-16)33-24(23(32-21)17-5-3-2-4-6-17)18-7-9-19(10-8-18)27(30)14-28(36,15-27)20-11-12-20/h2-10,13,20,36H,11-12,14-15,30H2,1H3/t27-,28-. The Balaban J connectivity index is 1.36. The number of rotatable bonds is 4. The van der Waals surface area contributed by atoms with Gasteiger partial charge >= 0.3 is 0 Å². The first kappa shape index (κ1) is 22.0. The van der Waals surface area contributed by atoms with Crippen molar-refractivity contribution >= 4 is 32.7 Å². The summed E-state index contributed by atoms with van der Waals surface area (Å²) in [7, 11) is 0. The van der Waals surface area contributed by atoms with Crippen molar-refractivity contribution in [1.29, 1.82) is 0 Å². The van der Waals surface area contributed by atoms with Crippen molar-refractivity contribution in [3.63, 3.8) is 0 Å². The van der Waals surface area contributed by atoms with Crippen molar-refractivity contribution in [2.75, 3.05) is 0 Å². The zero-order valence-electron chi connectivity index (χ0n) is 19.8. The van der Waals surface area contributed by atoms with Gasteiger partial charge in [0.25, 0.3) is 0 Å². The molecular formula is C28H25BrN6O. The lowest BCUT2D eigenvalue weighted by Crippen LogP contribution is -2.60. The van der Waals surface area contributed by atoms with Crippen LogP contribution >= 0.6 is 15.9 Å². The highest BCUT2D eigenvalue weighted by Crippen LogP contribution is 2.57. The summed E-state index contributed by atoms with van der Waals surface area (Å²) >= 11 is 3.59. The molecule has 2 aromatic carbocycles. The molecule has 3 aromatic heterocycles. The van der Waals surface area contributed by atoms with Gasteiger partial charge in [0.1, 0.15) is 5.52 Å². The number of aliphatic hydroxyl groups is 1. The quantitative estimate of drug-likeness (QED) is 0.326. The number of nitrogens with zero attached hydrogens (tertiary/aromatic N) is 5. The first-order chi connectivity index (χ1) is 17.3. The maximum Gasteiger partial charge on any atom is 0.184 e. The Morgan fingerprint density at radius 2 is 1.61 bits per heavy atom. The summed E-state index contributed by atoms with van der Waals surface area (Å²) in [5.74, 6) is 0.423. The highest BCUT2D eigenvalue weighted by Gasteiger charge is 2.58. The predicted octanol–water partition coefficient (Wildman–Crippen LogP) is 5.17. The van der Waals surface area contributed by atoms with Crippen LogP contribution < -0.4 is 5.73 Å². The summed E-state index contributed by atoms with van der Waals surface area (Å²) in [5, 5.41) is 15.5. The van der Waals surface area contributed by atoms with E-state index in [0.29, 0.717) is 35.6 Å². The molecule has 7 nitrogen and oxygen atoms in total. The Morgan fingerprint density at radius 3 is 2.31 bits per heavy atom. The molecule has 0 aliphatic heterocycles. The summed E-state index contributed by atoms with van der Waals surface area (Å²) < 4.78 is 2.60. The van der Waals surface area contributed by atoms with Gasteiger partial charge in [0.2, 0.25) is 0 Å². The minimum absolute atomic E-state index is 0.423. The van der Waals surface area contributed by atoms with Crippen LogP contribution in [0, 0.1) is 12.8 Å². The highest BCUT2D eigenvalue weighted by atomic mass is 79.9. The molecule has 0 spiro atoms. The van der Waals surface area contributed by atoms with Gasteiger partial charge in [0.05, 0.1) is 33.4 Å². The van der Waals surface area contributed by atoms with Crippen molar-refractivity contribution in [1.82, 2.24) is 24.6 Å². The van der Waals surface area contributed by atoms with Crippen LogP contribution in [0.25, 0.3) is 39.3 Å². The van der Waals surface area contributed by atoms with Gasteiger partial charge in [-0.15, -0.1) is 0 Å². The Bertz CT molecular complexity index is 1640. The van der Waals surface area contributed by atoms with E-state index in [4.69, 9.17) is 15.7 Å². The second-order valence-corrected chi connectivity index (χ2v) is 11.1. The molecule has 3 N–H and O–H groups in total. The molecule has 0 saturated heterocycles. The van der Waals surface area contributed by atoms with E-state index in [-0.39, 0.29) is 0 Å². The van der Waals surface area contributed by atoms with Crippen LogP contribution in [0.5, 0.6) is 0 Å². The molecular weight excluding hydrogens is 516 g/mol. The van der Waals surface area contributed by atoms with Crippen LogP contribution in [0.1, 0.15) is 36.9 Å². The SMILES string of the molecule is Cc1nn2c(ncc3nc(-c4ccccc4)c(-c4ccc([C@]5(N)C[C@@](O)(C6CC6)C5)cc4)nc32)c1Br. The molecule has 8 heteroatoms. The molecule has 0 bridgehead atoms. The largest absolute Gasteiger partial charge is 0.389 e. The minimum atomic E-state index is -0.590. The number of nitrogens with two attached hydrogens (primary N) is 1. The van der Waals surface area contributed by atoms with Crippen molar-refractivity contribution in [2.45, 2.75) is 43.7 Å². The van der Waals surface area contributed by atoms with E-state index in [2.05, 4.69) is 50.3 Å². The average molecular weight is 541 g/mol. The monoisotopic (exact) mass is 540 g/mol. The maximum atomic E-state index is 10.8. The molecule has 3 heterocycles. The van der Waals surface area contributed by atoms with Crippen LogP contribution in [-0.2, 0) is 5.54 Å². The molecule has 0 unspecified atom stereocenters. The fourth-order valence-electron chi connectivity index (χ4n) is 5.67. The first-order valence-corrected chi connectivity index (χ1v) is 13.0. The van der Waals surface area contributed by atoms with Gasteiger partial charge in [0, 0.05) is 16.7 Å². The van der Waals surface area contributed by atoms with Crippen molar-refractivity contribution < 1.29 is 5.11 Å². The second-order valence-electron chi connectivity index (χ2n) is 10.4. The van der Waals surface area contributed by atoms with E-state index in [1.807, 2.05) is 37.3 Å². The van der Waals surface area contributed by atoms with Crippen molar-refractivity contribution in [3.05, 3.63) is 76.5 Å². The topological polar surface area (TPSA) is 102 Å². The molecule has 2 aliphatic rings. The third-order valence-electron chi connectivity index (χ3n) is 7.74. The number of hydrogen-bond donors (Lipinski definition) is 2. The van der Waals surface area contributed by atoms with E-state index < -0.39 is 11.1 Å². The molecule has 0 radical (unpaired) electrons. The third-order valence-corrected chi connectivity index (χ3v) is 8.67. The summed E-state index contributed by atoms with van der Waals surface area (Å²) in [6.45, 7) is 1.93. The number of aryl methyl sites for hydroxylation is 1. The average Bonchev–Trinajstić information content (AvgIpc) is 3.70. The number of fused-ring (bicyclic) bond motifs is 3. The van der Waals surface area contributed by atoms with Gasteiger partial charge in [-0.05, 0) is 60.0 Å². The molecule has 2 fully saturated rings. The normalized spacial score (nSPS) is 23.8. The minimum Gasteiger partial charge on any atom is -0.389 e. The summed E-state index contributed by atoms with van der Waals surface area (Å²) in [6, 6.07) is 18.3. The Kier molecular flexibility index (Phi) is 4.68. The molecule has 2 saturated carbocycles. The molecule has 0 amide bonds. The van der Waals surface area contributed by atoms with E-state index in [9.17, 15) is 5.11 Å². The van der Waals surface area contributed by atoms with Gasteiger partial charge < -0.3 is 10.8 Å². The zero-order valence-corrected chi connectivity index (χ0v) is 21.4. The summed E-state index contributed by atoms with van der Waals surface area (Å²) in [6.07, 6.45) is 5.22. The molecule has 36 heavy (non-hydrogen) atoms. The number of hydrogen-bond acceptors (Lipinski definition) is 6. The van der Waals surface area contributed by atoms with Crippen LogP contribution in [0.4, 0.5) is 0 Å². The maximum absolute atomic E-state index is 10.8. The smallest absolute Gasteiger partial charge is 0.184 e. The van der Waals surface area contributed by atoms with E-state index >= 15 is 0 Å². The van der Waals surface area contributed by atoms with Gasteiger partial charge in [-0.2, -0.15) is 9.61 Å². The van der Waals surface area contributed by atoms with Crippen molar-refractivity contribution in [2.24, 2.45) is 11.7 Å². The van der Waals surface area contributed by atoms with Crippen molar-refractivity contribution in [3.8, 4) is 22.5 Å². The van der Waals surface area contributed by atoms with Crippen LogP contribution in [0.15, 0.2) is 65.3 Å². The fraction of sp³-hybridized carbons (Fsp3) is 0.286. The first-order valence-electron chi connectivity index (χ1n) is 12.2. The molecule has 180 valence electrons. The fourth-order valence-corrected chi connectivity index (χ4v) is 6.02. The molecule has 2 aliphatic carbocycles. The summed E-state index contributed by atoms with van der Waals surface area (Å²) in [5.41, 5.74) is 13.0. The predicted molar refractivity (Wildman–Crippen MR) is 142 cm³/mol. The lowest BCUT2D eigenvalue weighted by molar-refractivity contribution is -0.106. The zero-order chi connectivity index (χ0) is 24.7. The number of halogens is 1. The van der Waals surface area contributed by atoms with E-state index in [0.717, 1.165) is 51.1 Å². The van der Waals surface area contributed by atoms with Gasteiger partial charge in [-0.1, -0.05) is 54.6 Å². The van der Waals surface area contributed by atoms with Gasteiger partial charge in [-0.3, -0.25) is 0 Å². The molecule has 0 atom stereocenters. The van der Waals surface area contributed by atoms with Crippen LogP contribution in [0.3, 0.4) is 0 Å². The third kappa shape index (κ3) is 3.32. The van der Waals surface area contributed by atoms with E-state index in [1.165, 1.54) is 0 Å². The number of aromatic nitrogens is 5. The van der Waals surface area contributed by atoms with Gasteiger partial charge in [-0.25, -0.2) is 15.0 Å².